The second-order valence-electron chi connectivity index (χ2n) is 6.02. The van der Waals surface area contributed by atoms with Gasteiger partial charge in [0.2, 0.25) is 4.77 Å². The molecular weight excluding hydrogens is 344 g/mol. The summed E-state index contributed by atoms with van der Waals surface area (Å²) in [5, 5.41) is 4.43. The van der Waals surface area contributed by atoms with Crippen molar-refractivity contribution in [1.29, 1.82) is 0 Å². The number of hydrogen-bond acceptors (Lipinski definition) is 4. The third-order valence-corrected chi connectivity index (χ3v) is 4.29. The minimum atomic E-state index is 0.515. The molecule has 5 nitrogen and oxygen atoms in total. The lowest BCUT2D eigenvalue weighted by atomic mass is 10.2. The fraction of sp³-hybridized carbons (Fsp3) is 0.200. The van der Waals surface area contributed by atoms with Crippen LogP contribution in [0, 0.1) is 4.77 Å². The van der Waals surface area contributed by atoms with E-state index in [-0.39, 0.29) is 0 Å². The SMILES string of the molecule is C=CCOc1ccc(CN(C)Cn2ncn(-c3ccccc3)c2=S)cc1. The molecule has 0 fully saturated rings. The molecule has 0 N–H and O–H groups in total. The summed E-state index contributed by atoms with van der Waals surface area (Å²) < 4.78 is 9.92. The predicted octanol–water partition coefficient (Wildman–Crippen LogP) is 4.06. The zero-order valence-corrected chi connectivity index (χ0v) is 15.6. The number of aromatic nitrogens is 3. The molecule has 0 saturated heterocycles. The molecule has 0 saturated carbocycles. The van der Waals surface area contributed by atoms with Gasteiger partial charge in [0.25, 0.3) is 0 Å². The monoisotopic (exact) mass is 366 g/mol. The molecule has 26 heavy (non-hydrogen) atoms. The minimum absolute atomic E-state index is 0.515. The lowest BCUT2D eigenvalue weighted by molar-refractivity contribution is 0.244. The average Bonchev–Trinajstić information content (AvgIpc) is 3.02. The van der Waals surface area contributed by atoms with E-state index in [1.165, 1.54) is 5.56 Å². The molecular formula is C20H22N4OS. The number of ether oxygens (including phenoxy) is 1. The van der Waals surface area contributed by atoms with Gasteiger partial charge in [0, 0.05) is 12.2 Å². The summed E-state index contributed by atoms with van der Waals surface area (Å²) in [7, 11) is 2.05. The highest BCUT2D eigenvalue weighted by Crippen LogP contribution is 2.14. The van der Waals surface area contributed by atoms with Crippen LogP contribution < -0.4 is 4.74 Å². The van der Waals surface area contributed by atoms with Crippen molar-refractivity contribution in [2.45, 2.75) is 13.2 Å². The van der Waals surface area contributed by atoms with Crippen LogP contribution in [0.1, 0.15) is 5.56 Å². The van der Waals surface area contributed by atoms with Gasteiger partial charge in [-0.05, 0) is 49.1 Å². The summed E-state index contributed by atoms with van der Waals surface area (Å²) in [5.41, 5.74) is 2.22. The van der Waals surface area contributed by atoms with Gasteiger partial charge in [-0.15, -0.1) is 0 Å². The third-order valence-electron chi connectivity index (χ3n) is 3.89. The Balaban J connectivity index is 1.63. The van der Waals surface area contributed by atoms with E-state index in [1.807, 2.05) is 58.8 Å². The molecule has 0 unspecified atom stereocenters. The van der Waals surface area contributed by atoms with Crippen molar-refractivity contribution in [3.8, 4) is 11.4 Å². The summed E-state index contributed by atoms with van der Waals surface area (Å²) in [6.07, 6.45) is 3.50. The molecule has 0 amide bonds. The third kappa shape index (κ3) is 4.47. The van der Waals surface area contributed by atoms with E-state index in [0.717, 1.165) is 18.0 Å². The molecule has 0 aliphatic rings. The van der Waals surface area contributed by atoms with Gasteiger partial charge >= 0.3 is 0 Å². The van der Waals surface area contributed by atoms with Crippen molar-refractivity contribution in [1.82, 2.24) is 19.2 Å². The summed E-state index contributed by atoms with van der Waals surface area (Å²) in [4.78, 5) is 2.16. The van der Waals surface area contributed by atoms with E-state index < -0.39 is 0 Å². The summed E-state index contributed by atoms with van der Waals surface area (Å²) in [6, 6.07) is 18.1. The molecule has 3 aromatic rings. The molecule has 3 rings (SSSR count). The standard InChI is InChI=1S/C20H22N4OS/c1-3-13-25-19-11-9-17(10-12-19)14-22(2)16-24-20(26)23(15-21-24)18-7-5-4-6-8-18/h3-12,15H,1,13-14,16H2,2H3. The van der Waals surface area contributed by atoms with Gasteiger partial charge in [-0.3, -0.25) is 9.47 Å². The van der Waals surface area contributed by atoms with E-state index in [1.54, 1.807) is 12.4 Å². The Hall–Kier alpha value is -2.70. The molecule has 0 spiro atoms. The molecule has 1 heterocycles. The molecule has 0 aliphatic heterocycles. The van der Waals surface area contributed by atoms with Gasteiger partial charge in [-0.2, -0.15) is 5.10 Å². The lowest BCUT2D eigenvalue weighted by Crippen LogP contribution is -2.22. The van der Waals surface area contributed by atoms with E-state index in [2.05, 4.69) is 28.7 Å². The van der Waals surface area contributed by atoms with Crippen molar-refractivity contribution in [3.05, 3.63) is 83.9 Å². The van der Waals surface area contributed by atoms with Crippen LogP contribution in [-0.2, 0) is 13.2 Å². The van der Waals surface area contributed by atoms with Crippen LogP contribution >= 0.6 is 12.2 Å². The quantitative estimate of drug-likeness (QED) is 0.445. The molecule has 134 valence electrons. The Morgan fingerprint density at radius 3 is 2.58 bits per heavy atom. The average molecular weight is 366 g/mol. The zero-order chi connectivity index (χ0) is 18.4. The van der Waals surface area contributed by atoms with Crippen molar-refractivity contribution in [2.75, 3.05) is 13.7 Å². The Bertz CT molecular complexity index is 900. The lowest BCUT2D eigenvalue weighted by Gasteiger charge is -2.16. The van der Waals surface area contributed by atoms with Crippen LogP contribution in [0.25, 0.3) is 5.69 Å². The Morgan fingerprint density at radius 1 is 1.15 bits per heavy atom. The van der Waals surface area contributed by atoms with Gasteiger partial charge in [-0.25, -0.2) is 4.68 Å². The maximum Gasteiger partial charge on any atom is 0.203 e. The smallest absolute Gasteiger partial charge is 0.203 e. The van der Waals surface area contributed by atoms with Gasteiger partial charge in [0.05, 0.1) is 6.67 Å². The fourth-order valence-corrected chi connectivity index (χ4v) is 2.89. The first-order valence-electron chi connectivity index (χ1n) is 8.38. The van der Waals surface area contributed by atoms with Crippen LogP contribution in [0.5, 0.6) is 5.75 Å². The maximum absolute atomic E-state index is 5.56. The van der Waals surface area contributed by atoms with Crippen LogP contribution in [0.4, 0.5) is 0 Å². The Kier molecular flexibility index (Phi) is 5.99. The number of nitrogens with zero attached hydrogens (tertiary/aromatic N) is 4. The molecule has 2 aromatic carbocycles. The minimum Gasteiger partial charge on any atom is -0.490 e. The molecule has 0 aliphatic carbocycles. The van der Waals surface area contributed by atoms with Gasteiger partial charge in [-0.1, -0.05) is 43.0 Å². The summed E-state index contributed by atoms with van der Waals surface area (Å²) in [5.74, 6) is 0.847. The highest BCUT2D eigenvalue weighted by Gasteiger charge is 2.07. The van der Waals surface area contributed by atoms with Crippen molar-refractivity contribution in [2.24, 2.45) is 0 Å². The van der Waals surface area contributed by atoms with E-state index >= 15 is 0 Å². The molecule has 1 aromatic heterocycles. The topological polar surface area (TPSA) is 35.2 Å². The Labute approximate surface area is 158 Å². The van der Waals surface area contributed by atoms with Crippen LogP contribution in [0.3, 0.4) is 0 Å². The van der Waals surface area contributed by atoms with E-state index in [0.29, 0.717) is 18.0 Å². The van der Waals surface area contributed by atoms with Gasteiger partial charge in [0.1, 0.15) is 18.7 Å². The number of para-hydroxylation sites is 1. The number of benzene rings is 2. The van der Waals surface area contributed by atoms with Crippen molar-refractivity contribution >= 4 is 12.2 Å². The van der Waals surface area contributed by atoms with Crippen LogP contribution in [-0.4, -0.2) is 32.9 Å². The fourth-order valence-electron chi connectivity index (χ4n) is 2.64. The molecule has 0 bridgehead atoms. The number of hydrogen-bond donors (Lipinski definition) is 0. The zero-order valence-electron chi connectivity index (χ0n) is 14.8. The first kappa shape index (κ1) is 18.1. The largest absolute Gasteiger partial charge is 0.490 e. The molecule has 0 atom stereocenters. The van der Waals surface area contributed by atoms with Crippen LogP contribution in [0.15, 0.2) is 73.6 Å². The summed E-state index contributed by atoms with van der Waals surface area (Å²) >= 11 is 5.56. The van der Waals surface area contributed by atoms with Gasteiger partial charge in [0.15, 0.2) is 0 Å². The van der Waals surface area contributed by atoms with Crippen LogP contribution in [0.2, 0.25) is 0 Å². The van der Waals surface area contributed by atoms with Crippen molar-refractivity contribution < 1.29 is 4.74 Å². The molecule has 6 heteroatoms. The van der Waals surface area contributed by atoms with E-state index in [9.17, 15) is 0 Å². The second-order valence-corrected chi connectivity index (χ2v) is 6.38. The molecule has 0 radical (unpaired) electrons. The van der Waals surface area contributed by atoms with E-state index in [4.69, 9.17) is 17.0 Å². The normalized spacial score (nSPS) is 10.8. The Morgan fingerprint density at radius 2 is 1.88 bits per heavy atom. The highest BCUT2D eigenvalue weighted by atomic mass is 32.1. The first-order valence-corrected chi connectivity index (χ1v) is 8.79. The second kappa shape index (κ2) is 8.60. The maximum atomic E-state index is 5.56. The van der Waals surface area contributed by atoms with Gasteiger partial charge < -0.3 is 4.74 Å². The predicted molar refractivity (Wildman–Crippen MR) is 106 cm³/mol. The highest BCUT2D eigenvalue weighted by molar-refractivity contribution is 7.71. The number of rotatable bonds is 8. The summed E-state index contributed by atoms with van der Waals surface area (Å²) in [6.45, 7) is 5.58. The van der Waals surface area contributed by atoms with Crippen molar-refractivity contribution in [3.63, 3.8) is 0 Å². The first-order chi connectivity index (χ1) is 12.7.